The van der Waals surface area contributed by atoms with Crippen LogP contribution in [0.5, 0.6) is 0 Å². The summed E-state index contributed by atoms with van der Waals surface area (Å²) in [7, 11) is 0. The van der Waals surface area contributed by atoms with E-state index in [1.165, 1.54) is 5.69 Å². The number of pyridine rings is 1. The topological polar surface area (TPSA) is 28.2 Å². The fourth-order valence-electron chi connectivity index (χ4n) is 2.69. The van der Waals surface area contributed by atoms with Crippen molar-refractivity contribution in [1.29, 1.82) is 0 Å². The molecule has 0 aliphatic carbocycles. The van der Waals surface area contributed by atoms with Gasteiger partial charge in [0.05, 0.1) is 5.69 Å². The number of nitrogens with zero attached hydrogens (tertiary/aromatic N) is 2. The van der Waals surface area contributed by atoms with Crippen LogP contribution >= 0.6 is 0 Å². The summed E-state index contributed by atoms with van der Waals surface area (Å²) in [5.41, 5.74) is 2.60. The number of piperazine rings is 1. The minimum Gasteiger partial charge on any atom is -0.314 e. The zero-order chi connectivity index (χ0) is 13.2. The minimum absolute atomic E-state index is 0.303. The molecular formula is C15H25N3. The highest BCUT2D eigenvalue weighted by atomic mass is 15.2. The van der Waals surface area contributed by atoms with Crippen LogP contribution in [-0.2, 0) is 6.54 Å². The smallest absolute Gasteiger partial charge is 0.0547 e. The van der Waals surface area contributed by atoms with E-state index in [4.69, 9.17) is 0 Å². The van der Waals surface area contributed by atoms with E-state index < -0.39 is 0 Å². The third-order valence-corrected chi connectivity index (χ3v) is 3.67. The van der Waals surface area contributed by atoms with Gasteiger partial charge in [-0.1, -0.05) is 26.8 Å². The van der Waals surface area contributed by atoms with Crippen LogP contribution in [0.4, 0.5) is 0 Å². The molecule has 18 heavy (non-hydrogen) atoms. The van der Waals surface area contributed by atoms with E-state index in [0.29, 0.717) is 11.5 Å². The van der Waals surface area contributed by atoms with Gasteiger partial charge in [-0.2, -0.15) is 0 Å². The molecule has 1 saturated heterocycles. The average molecular weight is 247 g/mol. The molecule has 1 aromatic rings. The largest absolute Gasteiger partial charge is 0.314 e. The van der Waals surface area contributed by atoms with E-state index in [0.717, 1.165) is 31.9 Å². The number of nitrogens with one attached hydrogen (secondary N) is 1. The number of aryl methyl sites for hydroxylation is 1. The molecule has 1 aromatic heterocycles. The zero-order valence-corrected chi connectivity index (χ0v) is 12.0. The maximum Gasteiger partial charge on any atom is 0.0547 e. The summed E-state index contributed by atoms with van der Waals surface area (Å²) in [5.74, 6) is 0. The first-order chi connectivity index (χ1) is 8.47. The predicted molar refractivity (Wildman–Crippen MR) is 75.5 cm³/mol. The molecule has 0 radical (unpaired) electrons. The lowest BCUT2D eigenvalue weighted by molar-refractivity contribution is 0.0678. The van der Waals surface area contributed by atoms with Crippen LogP contribution in [0.1, 0.15) is 32.2 Å². The molecule has 1 aliphatic rings. The molecule has 0 aromatic carbocycles. The normalized spacial score (nSPS) is 22.1. The van der Waals surface area contributed by atoms with Gasteiger partial charge in [-0.15, -0.1) is 0 Å². The Morgan fingerprint density at radius 2 is 2.17 bits per heavy atom. The number of hydrogen-bond acceptors (Lipinski definition) is 3. The first-order valence-corrected chi connectivity index (χ1v) is 6.84. The third-order valence-electron chi connectivity index (χ3n) is 3.67. The van der Waals surface area contributed by atoms with E-state index in [2.05, 4.69) is 61.1 Å². The first-order valence-electron chi connectivity index (χ1n) is 6.84. The van der Waals surface area contributed by atoms with Gasteiger partial charge in [-0.25, -0.2) is 0 Å². The highest BCUT2D eigenvalue weighted by Crippen LogP contribution is 2.26. The van der Waals surface area contributed by atoms with E-state index in [1.54, 1.807) is 0 Å². The van der Waals surface area contributed by atoms with Gasteiger partial charge in [0.15, 0.2) is 0 Å². The Bertz CT molecular complexity index is 395. The maximum absolute atomic E-state index is 4.62. The molecule has 3 nitrogen and oxygen atoms in total. The van der Waals surface area contributed by atoms with Crippen LogP contribution in [0, 0.1) is 12.3 Å². The minimum atomic E-state index is 0.303. The Balaban J connectivity index is 2.10. The zero-order valence-electron chi connectivity index (χ0n) is 12.0. The summed E-state index contributed by atoms with van der Waals surface area (Å²) in [4.78, 5) is 7.19. The lowest BCUT2D eigenvalue weighted by atomic mass is 9.84. The fourth-order valence-corrected chi connectivity index (χ4v) is 2.69. The van der Waals surface area contributed by atoms with Gasteiger partial charge in [0.25, 0.3) is 0 Å². The van der Waals surface area contributed by atoms with Crippen molar-refractivity contribution in [1.82, 2.24) is 15.2 Å². The second-order valence-electron chi connectivity index (χ2n) is 6.33. The molecular weight excluding hydrogens is 222 g/mol. The molecule has 1 N–H and O–H groups in total. The van der Waals surface area contributed by atoms with Gasteiger partial charge in [0.1, 0.15) is 0 Å². The maximum atomic E-state index is 4.62. The van der Waals surface area contributed by atoms with E-state index >= 15 is 0 Å². The Kier molecular flexibility index (Phi) is 4.03. The van der Waals surface area contributed by atoms with Gasteiger partial charge in [-0.3, -0.25) is 9.88 Å². The molecule has 0 spiro atoms. The van der Waals surface area contributed by atoms with Crippen LogP contribution in [0.25, 0.3) is 0 Å². The first kappa shape index (κ1) is 13.5. The van der Waals surface area contributed by atoms with Gasteiger partial charge >= 0.3 is 0 Å². The second kappa shape index (κ2) is 5.37. The van der Waals surface area contributed by atoms with Crippen molar-refractivity contribution in [2.75, 3.05) is 19.6 Å². The summed E-state index contributed by atoms with van der Waals surface area (Å²) in [6.07, 6.45) is 0. The van der Waals surface area contributed by atoms with Gasteiger partial charge in [0.2, 0.25) is 0 Å². The van der Waals surface area contributed by atoms with Crippen LogP contribution in [0.2, 0.25) is 0 Å². The molecule has 3 heteroatoms. The fraction of sp³-hybridized carbons (Fsp3) is 0.667. The summed E-state index contributed by atoms with van der Waals surface area (Å²) >= 11 is 0. The van der Waals surface area contributed by atoms with Crippen molar-refractivity contribution in [3.8, 4) is 0 Å². The van der Waals surface area contributed by atoms with Crippen LogP contribution in [-0.4, -0.2) is 35.6 Å². The average Bonchev–Trinajstić information content (AvgIpc) is 2.28. The van der Waals surface area contributed by atoms with Crippen LogP contribution in [0.15, 0.2) is 18.2 Å². The third kappa shape index (κ3) is 3.30. The Labute approximate surface area is 111 Å². The van der Waals surface area contributed by atoms with Gasteiger partial charge < -0.3 is 5.32 Å². The Hall–Kier alpha value is -0.930. The lowest BCUT2D eigenvalue weighted by Crippen LogP contribution is -2.56. The van der Waals surface area contributed by atoms with E-state index in [-0.39, 0.29) is 0 Å². The molecule has 100 valence electrons. The van der Waals surface area contributed by atoms with Crippen molar-refractivity contribution in [3.63, 3.8) is 0 Å². The van der Waals surface area contributed by atoms with Crippen molar-refractivity contribution >= 4 is 0 Å². The molecule has 1 unspecified atom stereocenters. The predicted octanol–water partition coefficient (Wildman–Crippen LogP) is 2.21. The number of rotatable bonds is 2. The van der Waals surface area contributed by atoms with E-state index in [9.17, 15) is 0 Å². The summed E-state index contributed by atoms with van der Waals surface area (Å²) in [6, 6.07) is 6.87. The highest BCUT2D eigenvalue weighted by molar-refractivity contribution is 5.10. The molecule has 2 rings (SSSR count). The van der Waals surface area contributed by atoms with Gasteiger partial charge in [0, 0.05) is 37.9 Å². The standard InChI is InChI=1S/C15H25N3/c1-12-6-5-7-13(17-12)11-18-9-8-16-10-14(18)15(2,3)4/h5-7,14,16H,8-11H2,1-4H3. The van der Waals surface area contributed by atoms with Crippen molar-refractivity contribution < 1.29 is 0 Å². The van der Waals surface area contributed by atoms with Crippen LogP contribution < -0.4 is 5.32 Å². The SMILES string of the molecule is Cc1cccc(CN2CCNCC2C(C)(C)C)n1. The van der Waals surface area contributed by atoms with Gasteiger partial charge in [-0.05, 0) is 24.5 Å². The van der Waals surface area contributed by atoms with Crippen molar-refractivity contribution in [2.45, 2.75) is 40.3 Å². The van der Waals surface area contributed by atoms with Crippen LogP contribution in [0.3, 0.4) is 0 Å². The number of hydrogen-bond donors (Lipinski definition) is 1. The lowest BCUT2D eigenvalue weighted by Gasteiger charge is -2.43. The summed E-state index contributed by atoms with van der Waals surface area (Å²) in [5, 5.41) is 3.51. The molecule has 1 fully saturated rings. The molecule has 1 aliphatic heterocycles. The summed E-state index contributed by atoms with van der Waals surface area (Å²) in [6.45, 7) is 13.3. The van der Waals surface area contributed by atoms with Crippen molar-refractivity contribution in [3.05, 3.63) is 29.6 Å². The Morgan fingerprint density at radius 1 is 1.39 bits per heavy atom. The summed E-state index contributed by atoms with van der Waals surface area (Å²) < 4.78 is 0. The molecule has 0 amide bonds. The Morgan fingerprint density at radius 3 is 2.83 bits per heavy atom. The van der Waals surface area contributed by atoms with Crippen molar-refractivity contribution in [2.24, 2.45) is 5.41 Å². The highest BCUT2D eigenvalue weighted by Gasteiger charge is 2.32. The van der Waals surface area contributed by atoms with E-state index in [1.807, 2.05) is 0 Å². The molecule has 0 bridgehead atoms. The molecule has 1 atom stereocenters. The monoisotopic (exact) mass is 247 g/mol. The molecule has 2 heterocycles. The molecule has 0 saturated carbocycles. The number of aromatic nitrogens is 1. The second-order valence-corrected chi connectivity index (χ2v) is 6.33. The quantitative estimate of drug-likeness (QED) is 0.868.